The van der Waals surface area contributed by atoms with Gasteiger partial charge in [-0.05, 0) is 113 Å². The van der Waals surface area contributed by atoms with Crippen LogP contribution in [0.4, 0.5) is 8.78 Å². The van der Waals surface area contributed by atoms with Crippen LogP contribution in [-0.2, 0) is 0 Å². The lowest BCUT2D eigenvalue weighted by Gasteiger charge is -2.28. The summed E-state index contributed by atoms with van der Waals surface area (Å²) in [4.78, 5) is 0. The first-order chi connectivity index (χ1) is 17.9. The number of halogens is 2. The fraction of sp³-hybridized carbons (Fsp3) is 0.529. The molecule has 0 heterocycles. The molecular formula is C34H44F2O. The summed E-state index contributed by atoms with van der Waals surface area (Å²) >= 11 is 0. The van der Waals surface area contributed by atoms with E-state index >= 15 is 4.39 Å². The summed E-state index contributed by atoms with van der Waals surface area (Å²) in [5.41, 5.74) is 5.20. The summed E-state index contributed by atoms with van der Waals surface area (Å²) in [7, 11) is 0. The standard InChI is InChI=1S/C34H44F2O/c1-4-6-25-13-15-28(16-14-25)29-17-19-30(20-18-29)31-21-22-32(34(36)33(31)35)37-23-27-11-9-26(10-12-27)8-5-7-24(2)3/h7,9,17-22,25,27-28H,4-6,8,10-16,23H2,1-3H3. The molecule has 0 aromatic heterocycles. The first kappa shape index (κ1) is 27.6. The molecule has 0 radical (unpaired) electrons. The van der Waals surface area contributed by atoms with Gasteiger partial charge >= 0.3 is 0 Å². The molecule has 0 aliphatic heterocycles. The topological polar surface area (TPSA) is 9.23 Å². The molecule has 0 spiro atoms. The highest BCUT2D eigenvalue weighted by molar-refractivity contribution is 5.65. The van der Waals surface area contributed by atoms with Gasteiger partial charge in [0.25, 0.3) is 0 Å². The highest BCUT2D eigenvalue weighted by Gasteiger charge is 2.23. The van der Waals surface area contributed by atoms with E-state index in [1.807, 2.05) is 12.1 Å². The van der Waals surface area contributed by atoms with Crippen LogP contribution >= 0.6 is 0 Å². The Morgan fingerprint density at radius 1 is 0.919 bits per heavy atom. The Kier molecular flexibility index (Phi) is 10.00. The number of allylic oxidation sites excluding steroid dienone is 4. The minimum Gasteiger partial charge on any atom is -0.490 e. The monoisotopic (exact) mass is 506 g/mol. The predicted molar refractivity (Wildman–Crippen MR) is 151 cm³/mol. The van der Waals surface area contributed by atoms with E-state index in [9.17, 15) is 4.39 Å². The van der Waals surface area contributed by atoms with E-state index in [4.69, 9.17) is 4.74 Å². The van der Waals surface area contributed by atoms with Crippen LogP contribution in [0.2, 0.25) is 0 Å². The summed E-state index contributed by atoms with van der Waals surface area (Å²) in [6.45, 7) is 6.95. The zero-order valence-corrected chi connectivity index (χ0v) is 23.0. The van der Waals surface area contributed by atoms with Crippen LogP contribution in [0.3, 0.4) is 0 Å². The van der Waals surface area contributed by atoms with E-state index in [1.165, 1.54) is 55.2 Å². The number of hydrogen-bond acceptors (Lipinski definition) is 1. The van der Waals surface area contributed by atoms with Crippen LogP contribution in [0, 0.1) is 23.5 Å². The molecule has 3 heteroatoms. The Bertz CT molecular complexity index is 1070. The van der Waals surface area contributed by atoms with Crippen LogP contribution in [0.1, 0.15) is 103 Å². The average Bonchev–Trinajstić information content (AvgIpc) is 2.91. The quantitative estimate of drug-likeness (QED) is 0.291. The zero-order valence-electron chi connectivity index (χ0n) is 23.0. The maximum atomic E-state index is 15.0. The van der Waals surface area contributed by atoms with Gasteiger partial charge in [-0.2, -0.15) is 4.39 Å². The van der Waals surface area contributed by atoms with E-state index in [0.29, 0.717) is 29.6 Å². The van der Waals surface area contributed by atoms with E-state index in [1.54, 1.807) is 12.1 Å². The van der Waals surface area contributed by atoms with Gasteiger partial charge in [0.15, 0.2) is 11.6 Å². The molecule has 0 bridgehead atoms. The maximum Gasteiger partial charge on any atom is 0.201 e. The fourth-order valence-electron chi connectivity index (χ4n) is 6.07. The SMILES string of the molecule is CCCC1CCC(c2ccc(-c3ccc(OCC4CC=C(CCC=C(C)C)CC4)c(F)c3F)cc2)CC1. The predicted octanol–water partition coefficient (Wildman–Crippen LogP) is 10.6. The van der Waals surface area contributed by atoms with Crippen LogP contribution in [0.15, 0.2) is 59.7 Å². The minimum atomic E-state index is -0.885. The highest BCUT2D eigenvalue weighted by Crippen LogP contribution is 2.38. The molecule has 0 amide bonds. The number of benzene rings is 2. The molecule has 1 fully saturated rings. The summed E-state index contributed by atoms with van der Waals surface area (Å²) in [6.07, 6.45) is 17.5. The number of ether oxygens (including phenoxy) is 1. The summed E-state index contributed by atoms with van der Waals surface area (Å²) in [5, 5.41) is 0. The van der Waals surface area contributed by atoms with Gasteiger partial charge in [-0.25, -0.2) is 4.39 Å². The molecular weight excluding hydrogens is 462 g/mol. The van der Waals surface area contributed by atoms with Crippen LogP contribution in [0.5, 0.6) is 5.75 Å². The average molecular weight is 507 g/mol. The molecule has 2 aliphatic rings. The minimum absolute atomic E-state index is 0.0139. The lowest BCUT2D eigenvalue weighted by molar-refractivity contribution is 0.225. The number of rotatable bonds is 10. The van der Waals surface area contributed by atoms with Gasteiger partial charge in [0.05, 0.1) is 6.61 Å². The second kappa shape index (κ2) is 13.4. The molecule has 1 unspecified atom stereocenters. The van der Waals surface area contributed by atoms with Gasteiger partial charge in [-0.3, -0.25) is 0 Å². The first-order valence-electron chi connectivity index (χ1n) is 14.5. The molecule has 0 saturated heterocycles. The lowest BCUT2D eigenvalue weighted by atomic mass is 9.77. The van der Waals surface area contributed by atoms with Gasteiger partial charge in [-0.1, -0.05) is 67.3 Å². The Morgan fingerprint density at radius 2 is 1.68 bits per heavy atom. The van der Waals surface area contributed by atoms with Gasteiger partial charge in [0.2, 0.25) is 5.82 Å². The van der Waals surface area contributed by atoms with Gasteiger partial charge in [-0.15, -0.1) is 0 Å². The van der Waals surface area contributed by atoms with Gasteiger partial charge in [0, 0.05) is 5.56 Å². The normalized spacial score (nSPS) is 21.9. The highest BCUT2D eigenvalue weighted by atomic mass is 19.2. The first-order valence-corrected chi connectivity index (χ1v) is 14.5. The molecule has 2 aromatic carbocycles. The third kappa shape index (κ3) is 7.55. The number of hydrogen-bond donors (Lipinski definition) is 0. The van der Waals surface area contributed by atoms with Crippen LogP contribution in [-0.4, -0.2) is 6.61 Å². The summed E-state index contributed by atoms with van der Waals surface area (Å²) < 4.78 is 35.7. The van der Waals surface area contributed by atoms with Crippen molar-refractivity contribution < 1.29 is 13.5 Å². The molecule has 200 valence electrons. The third-order valence-corrected chi connectivity index (χ3v) is 8.39. The van der Waals surface area contributed by atoms with Crippen LogP contribution in [0.25, 0.3) is 11.1 Å². The Balaban J connectivity index is 1.32. The van der Waals surface area contributed by atoms with E-state index in [2.05, 4.69) is 45.1 Å². The molecule has 2 aliphatic carbocycles. The van der Waals surface area contributed by atoms with Crippen molar-refractivity contribution in [3.8, 4) is 16.9 Å². The van der Waals surface area contributed by atoms with Crippen molar-refractivity contribution >= 4 is 0 Å². The molecule has 4 rings (SSSR count). The van der Waals surface area contributed by atoms with Crippen molar-refractivity contribution in [3.05, 3.63) is 76.9 Å². The van der Waals surface area contributed by atoms with Crippen LogP contribution < -0.4 is 4.74 Å². The van der Waals surface area contributed by atoms with E-state index in [-0.39, 0.29) is 5.75 Å². The van der Waals surface area contributed by atoms with Crippen molar-refractivity contribution in [3.63, 3.8) is 0 Å². The van der Waals surface area contributed by atoms with Crippen molar-refractivity contribution in [1.29, 1.82) is 0 Å². The zero-order chi connectivity index (χ0) is 26.2. The second-order valence-corrected chi connectivity index (χ2v) is 11.5. The van der Waals surface area contributed by atoms with Crippen molar-refractivity contribution in [1.82, 2.24) is 0 Å². The maximum absolute atomic E-state index is 15.0. The lowest BCUT2D eigenvalue weighted by Crippen LogP contribution is -2.15. The summed E-state index contributed by atoms with van der Waals surface area (Å²) in [6, 6.07) is 11.3. The smallest absolute Gasteiger partial charge is 0.201 e. The van der Waals surface area contributed by atoms with Crippen molar-refractivity contribution in [2.75, 3.05) is 6.61 Å². The Labute approximate surface area is 223 Å². The largest absolute Gasteiger partial charge is 0.490 e. The molecule has 1 saturated carbocycles. The van der Waals surface area contributed by atoms with Gasteiger partial charge in [0.1, 0.15) is 0 Å². The molecule has 37 heavy (non-hydrogen) atoms. The molecule has 1 nitrogen and oxygen atoms in total. The van der Waals surface area contributed by atoms with Crippen molar-refractivity contribution in [2.24, 2.45) is 11.8 Å². The molecule has 1 atom stereocenters. The van der Waals surface area contributed by atoms with Crippen molar-refractivity contribution in [2.45, 2.75) is 97.3 Å². The van der Waals surface area contributed by atoms with Gasteiger partial charge < -0.3 is 4.74 Å². The Morgan fingerprint density at radius 3 is 2.32 bits per heavy atom. The second-order valence-electron chi connectivity index (χ2n) is 11.5. The molecule has 2 aromatic rings. The third-order valence-electron chi connectivity index (χ3n) is 8.39. The fourth-order valence-corrected chi connectivity index (χ4v) is 6.07. The summed E-state index contributed by atoms with van der Waals surface area (Å²) in [5.74, 6) is 0.115. The van der Waals surface area contributed by atoms with E-state index < -0.39 is 11.6 Å². The Hall–Kier alpha value is -2.42. The van der Waals surface area contributed by atoms with E-state index in [0.717, 1.165) is 38.0 Å². The molecule has 0 N–H and O–H groups in total.